The molecule has 9 heteroatoms. The zero-order valence-corrected chi connectivity index (χ0v) is 16.2. The van der Waals surface area contributed by atoms with Gasteiger partial charge in [-0.1, -0.05) is 17.7 Å². The molecule has 0 bridgehead atoms. The van der Waals surface area contributed by atoms with E-state index in [1.165, 1.54) is 18.3 Å². The molecule has 1 aromatic heterocycles. The number of amides is 1. The summed E-state index contributed by atoms with van der Waals surface area (Å²) < 4.78 is 16.2. The highest BCUT2D eigenvalue weighted by Gasteiger charge is 2.15. The molecule has 0 radical (unpaired) electrons. The molecule has 8 nitrogen and oxygen atoms in total. The zero-order valence-electron chi connectivity index (χ0n) is 15.4. The number of nitrogens with zero attached hydrogens (tertiary/aromatic N) is 1. The molecule has 2 heterocycles. The van der Waals surface area contributed by atoms with Crippen LogP contribution >= 0.6 is 11.6 Å². The van der Waals surface area contributed by atoms with E-state index < -0.39 is 5.97 Å². The minimum absolute atomic E-state index is 0.0171. The van der Waals surface area contributed by atoms with E-state index in [2.05, 4.69) is 10.5 Å². The third-order valence-corrected chi connectivity index (χ3v) is 4.62. The molecule has 30 heavy (non-hydrogen) atoms. The van der Waals surface area contributed by atoms with Gasteiger partial charge in [-0.05, 0) is 48.0 Å². The number of hydrogen-bond acceptors (Lipinski definition) is 6. The number of rotatable bonds is 6. The van der Waals surface area contributed by atoms with Crippen molar-refractivity contribution >= 4 is 29.7 Å². The van der Waals surface area contributed by atoms with E-state index in [-0.39, 0.29) is 29.7 Å². The van der Waals surface area contributed by atoms with Gasteiger partial charge in [0.15, 0.2) is 11.5 Å². The Morgan fingerprint density at radius 2 is 1.93 bits per heavy atom. The van der Waals surface area contributed by atoms with E-state index in [0.717, 1.165) is 5.56 Å². The number of aromatic carboxylic acids is 1. The van der Waals surface area contributed by atoms with Crippen molar-refractivity contribution in [3.8, 4) is 22.8 Å². The first-order valence-electron chi connectivity index (χ1n) is 8.83. The molecule has 1 aliphatic rings. The van der Waals surface area contributed by atoms with Crippen molar-refractivity contribution in [2.24, 2.45) is 5.10 Å². The number of benzene rings is 2. The fourth-order valence-corrected chi connectivity index (χ4v) is 3.06. The molecule has 152 valence electrons. The van der Waals surface area contributed by atoms with Crippen LogP contribution in [0.2, 0.25) is 5.02 Å². The topological polar surface area (TPSA) is 110 Å². The van der Waals surface area contributed by atoms with Crippen LogP contribution < -0.4 is 14.9 Å². The second kappa shape index (κ2) is 8.30. The molecule has 1 amide bonds. The molecule has 4 rings (SSSR count). The largest absolute Gasteiger partial charge is 0.478 e. The maximum atomic E-state index is 12.1. The predicted molar refractivity (Wildman–Crippen MR) is 108 cm³/mol. The van der Waals surface area contributed by atoms with Gasteiger partial charge in [0, 0.05) is 5.56 Å². The Kier molecular flexibility index (Phi) is 5.40. The molecule has 0 aliphatic carbocycles. The standard InChI is InChI=1S/C21H15ClN2O6/c22-16-4-2-13(9-15(16)21(26)27)17-6-3-14(30-17)10-23-24-20(25)8-12-1-5-18-19(7-12)29-11-28-18/h1-7,9-10H,8,11H2,(H,24,25)(H,26,27)/b23-10-. The molecular weight excluding hydrogens is 412 g/mol. The van der Waals surface area contributed by atoms with Crippen molar-refractivity contribution in [3.63, 3.8) is 0 Å². The first-order chi connectivity index (χ1) is 14.5. The number of carboxylic acid groups (broad SMARTS) is 1. The van der Waals surface area contributed by atoms with Crippen LogP contribution in [0.1, 0.15) is 21.7 Å². The van der Waals surface area contributed by atoms with E-state index in [0.29, 0.717) is 28.6 Å². The SMILES string of the molecule is O=C(Cc1ccc2c(c1)OCO2)N/N=C\c1ccc(-c2ccc(Cl)c(C(=O)O)c2)o1. The summed E-state index contributed by atoms with van der Waals surface area (Å²) in [7, 11) is 0. The maximum absolute atomic E-state index is 12.1. The second-order valence-corrected chi connectivity index (χ2v) is 6.77. The van der Waals surface area contributed by atoms with E-state index in [9.17, 15) is 14.7 Å². The highest BCUT2D eigenvalue weighted by atomic mass is 35.5. The summed E-state index contributed by atoms with van der Waals surface area (Å²) >= 11 is 5.88. The quantitative estimate of drug-likeness (QED) is 0.459. The Labute approximate surface area is 175 Å². The van der Waals surface area contributed by atoms with E-state index in [1.807, 2.05) is 0 Å². The highest BCUT2D eigenvalue weighted by molar-refractivity contribution is 6.33. The molecule has 0 saturated heterocycles. The molecule has 2 aromatic carbocycles. The van der Waals surface area contributed by atoms with Gasteiger partial charge in [0.05, 0.1) is 23.2 Å². The number of nitrogens with one attached hydrogen (secondary N) is 1. The Morgan fingerprint density at radius 1 is 1.10 bits per heavy atom. The lowest BCUT2D eigenvalue weighted by atomic mass is 10.1. The number of halogens is 1. The van der Waals surface area contributed by atoms with Gasteiger partial charge in [0.25, 0.3) is 0 Å². The minimum Gasteiger partial charge on any atom is -0.478 e. The number of fused-ring (bicyclic) bond motifs is 1. The van der Waals surface area contributed by atoms with Gasteiger partial charge in [0.1, 0.15) is 11.5 Å². The Morgan fingerprint density at radius 3 is 2.77 bits per heavy atom. The number of hydrogen-bond donors (Lipinski definition) is 2. The van der Waals surface area contributed by atoms with Crippen LogP contribution in [0, 0.1) is 0 Å². The minimum atomic E-state index is -1.12. The summed E-state index contributed by atoms with van der Waals surface area (Å²) in [4.78, 5) is 23.3. The summed E-state index contributed by atoms with van der Waals surface area (Å²) in [5, 5.41) is 13.2. The van der Waals surface area contributed by atoms with E-state index >= 15 is 0 Å². The van der Waals surface area contributed by atoms with Crippen molar-refractivity contribution in [3.05, 3.63) is 70.4 Å². The molecular formula is C21H15ClN2O6. The maximum Gasteiger partial charge on any atom is 0.337 e. The summed E-state index contributed by atoms with van der Waals surface area (Å²) in [5.74, 6) is 0.672. The van der Waals surface area contributed by atoms with Crippen LogP contribution in [-0.2, 0) is 11.2 Å². The lowest BCUT2D eigenvalue weighted by Gasteiger charge is -2.02. The summed E-state index contributed by atoms with van der Waals surface area (Å²) in [6.45, 7) is 0.175. The van der Waals surface area contributed by atoms with Crippen molar-refractivity contribution in [2.75, 3.05) is 6.79 Å². The van der Waals surface area contributed by atoms with Crippen LogP contribution in [0.15, 0.2) is 58.0 Å². The highest BCUT2D eigenvalue weighted by Crippen LogP contribution is 2.32. The van der Waals surface area contributed by atoms with Gasteiger partial charge in [-0.2, -0.15) is 5.10 Å². The molecule has 0 spiro atoms. The van der Waals surface area contributed by atoms with E-state index in [1.54, 1.807) is 36.4 Å². The monoisotopic (exact) mass is 426 g/mol. The number of ether oxygens (including phenoxy) is 2. The summed E-state index contributed by atoms with van der Waals surface area (Å²) in [6, 6.07) is 13.2. The van der Waals surface area contributed by atoms with E-state index in [4.69, 9.17) is 25.5 Å². The smallest absolute Gasteiger partial charge is 0.337 e. The third kappa shape index (κ3) is 4.28. The number of carboxylic acids is 1. The first kappa shape index (κ1) is 19.5. The second-order valence-electron chi connectivity index (χ2n) is 6.36. The Bertz CT molecular complexity index is 1150. The first-order valence-corrected chi connectivity index (χ1v) is 9.21. The number of carbonyl (C=O) groups excluding carboxylic acids is 1. The van der Waals surface area contributed by atoms with Crippen LogP contribution in [0.3, 0.4) is 0 Å². The summed E-state index contributed by atoms with van der Waals surface area (Å²) in [6.07, 6.45) is 1.48. The fourth-order valence-electron chi connectivity index (χ4n) is 2.86. The average Bonchev–Trinajstić information content (AvgIpc) is 3.37. The van der Waals surface area contributed by atoms with Crippen molar-refractivity contribution in [2.45, 2.75) is 6.42 Å². The normalized spacial score (nSPS) is 12.3. The molecule has 0 unspecified atom stereocenters. The molecule has 1 aliphatic heterocycles. The van der Waals surface area contributed by atoms with Gasteiger partial charge in [-0.3, -0.25) is 4.79 Å². The molecule has 3 aromatic rings. The van der Waals surface area contributed by atoms with Crippen molar-refractivity contribution in [1.29, 1.82) is 0 Å². The fraction of sp³-hybridized carbons (Fsp3) is 0.0952. The van der Waals surface area contributed by atoms with Gasteiger partial charge in [-0.25, -0.2) is 10.2 Å². The molecule has 0 atom stereocenters. The van der Waals surface area contributed by atoms with Crippen LogP contribution in [0.25, 0.3) is 11.3 Å². The molecule has 2 N–H and O–H groups in total. The Balaban J connectivity index is 1.37. The predicted octanol–water partition coefficient (Wildman–Crippen LogP) is 3.72. The van der Waals surface area contributed by atoms with Gasteiger partial charge in [0.2, 0.25) is 12.7 Å². The zero-order chi connectivity index (χ0) is 21.1. The van der Waals surface area contributed by atoms with Crippen molar-refractivity contribution in [1.82, 2.24) is 5.43 Å². The number of furan rings is 1. The third-order valence-electron chi connectivity index (χ3n) is 4.29. The number of hydrazone groups is 1. The summed E-state index contributed by atoms with van der Waals surface area (Å²) in [5.41, 5.74) is 3.74. The molecule has 0 fully saturated rings. The lowest BCUT2D eigenvalue weighted by Crippen LogP contribution is -2.19. The van der Waals surface area contributed by atoms with Gasteiger partial charge >= 0.3 is 5.97 Å². The lowest BCUT2D eigenvalue weighted by molar-refractivity contribution is -0.120. The molecule has 0 saturated carbocycles. The van der Waals surface area contributed by atoms with Crippen LogP contribution in [-0.4, -0.2) is 30.0 Å². The van der Waals surface area contributed by atoms with Crippen LogP contribution in [0.5, 0.6) is 11.5 Å². The van der Waals surface area contributed by atoms with Crippen molar-refractivity contribution < 1.29 is 28.6 Å². The van der Waals surface area contributed by atoms with Gasteiger partial charge in [-0.15, -0.1) is 0 Å². The average molecular weight is 427 g/mol. The Hall–Kier alpha value is -3.78. The van der Waals surface area contributed by atoms with Crippen LogP contribution in [0.4, 0.5) is 0 Å². The number of carbonyl (C=O) groups is 2. The van der Waals surface area contributed by atoms with Gasteiger partial charge < -0.3 is 19.0 Å².